The van der Waals surface area contributed by atoms with Crippen molar-refractivity contribution >= 4 is 28.3 Å². The van der Waals surface area contributed by atoms with Gasteiger partial charge in [0, 0.05) is 22.5 Å². The van der Waals surface area contributed by atoms with Crippen LogP contribution in [0.3, 0.4) is 0 Å². The molecule has 0 atom stereocenters. The molecule has 4 aromatic rings. The Balaban J connectivity index is 1.80. The summed E-state index contributed by atoms with van der Waals surface area (Å²) in [5, 5.41) is 5.83. The molecule has 0 aliphatic heterocycles. The van der Waals surface area contributed by atoms with Gasteiger partial charge in [0.15, 0.2) is 11.6 Å². The van der Waals surface area contributed by atoms with Crippen molar-refractivity contribution in [3.05, 3.63) is 99.3 Å². The van der Waals surface area contributed by atoms with E-state index in [9.17, 15) is 18.4 Å². The molecule has 0 aliphatic rings. The fourth-order valence-electron chi connectivity index (χ4n) is 3.65. The average Bonchev–Trinajstić information content (AvgIpc) is 2.84. The lowest BCUT2D eigenvalue weighted by Gasteiger charge is -2.23. The molecular weight excluding hydrogens is 464 g/mol. The van der Waals surface area contributed by atoms with E-state index in [0.717, 1.165) is 17.7 Å². The van der Waals surface area contributed by atoms with Gasteiger partial charge in [0.05, 0.1) is 31.4 Å². The zero-order chi connectivity index (χ0) is 24.2. The molecule has 6 nitrogen and oxygen atoms in total. The van der Waals surface area contributed by atoms with Crippen molar-refractivity contribution in [3.8, 4) is 11.3 Å². The van der Waals surface area contributed by atoms with Gasteiger partial charge in [-0.25, -0.2) is 13.5 Å². The van der Waals surface area contributed by atoms with Crippen LogP contribution >= 0.6 is 11.6 Å². The summed E-state index contributed by atoms with van der Waals surface area (Å²) in [5.41, 5.74) is 0.984. The van der Waals surface area contributed by atoms with Crippen LogP contribution in [0.25, 0.3) is 22.0 Å². The number of nitrogens with zero attached hydrogens (tertiary/aromatic N) is 3. The molecular formula is C25H20ClF2N3O3. The first-order valence-corrected chi connectivity index (χ1v) is 10.7. The highest BCUT2D eigenvalue weighted by Crippen LogP contribution is 2.26. The van der Waals surface area contributed by atoms with Crippen molar-refractivity contribution in [2.75, 3.05) is 13.7 Å². The van der Waals surface area contributed by atoms with Gasteiger partial charge in [0.2, 0.25) is 0 Å². The van der Waals surface area contributed by atoms with E-state index in [0.29, 0.717) is 27.1 Å². The Hall–Kier alpha value is -3.62. The lowest BCUT2D eigenvalue weighted by Crippen LogP contribution is -2.37. The minimum absolute atomic E-state index is 0.0688. The third-order valence-electron chi connectivity index (χ3n) is 5.33. The SMILES string of the molecule is COC(=O)CN(Cc1ccccc1Cl)Cn1nc(-c2ccc(F)c(F)c2)c2ccccc2c1=O. The standard InChI is InChI=1S/C25H20ClF2N3O3/c1-34-23(32)14-30(13-17-6-2-5-9-20(17)26)15-31-25(33)19-8-4-3-7-18(19)24(29-31)16-10-11-21(27)22(28)12-16/h2-12H,13-15H2,1H3. The molecule has 34 heavy (non-hydrogen) atoms. The van der Waals surface area contributed by atoms with E-state index < -0.39 is 23.2 Å². The molecule has 174 valence electrons. The highest BCUT2D eigenvalue weighted by atomic mass is 35.5. The number of rotatable bonds is 7. The smallest absolute Gasteiger partial charge is 0.319 e. The Morgan fingerprint density at radius 3 is 2.44 bits per heavy atom. The van der Waals surface area contributed by atoms with Crippen LogP contribution < -0.4 is 5.56 Å². The minimum Gasteiger partial charge on any atom is -0.468 e. The molecule has 1 aromatic heterocycles. The average molecular weight is 484 g/mol. The van der Waals surface area contributed by atoms with E-state index >= 15 is 0 Å². The first kappa shape index (κ1) is 23.5. The summed E-state index contributed by atoms with van der Waals surface area (Å²) in [6.45, 7) is 0.0556. The number of aromatic nitrogens is 2. The van der Waals surface area contributed by atoms with Crippen molar-refractivity contribution in [3.63, 3.8) is 0 Å². The maximum absolute atomic E-state index is 14.0. The lowest BCUT2D eigenvalue weighted by atomic mass is 10.0. The second kappa shape index (κ2) is 10.1. The van der Waals surface area contributed by atoms with Crippen molar-refractivity contribution in [2.45, 2.75) is 13.2 Å². The summed E-state index contributed by atoms with van der Waals surface area (Å²) >= 11 is 6.29. The zero-order valence-corrected chi connectivity index (χ0v) is 18.9. The largest absolute Gasteiger partial charge is 0.468 e. The quantitative estimate of drug-likeness (QED) is 0.359. The van der Waals surface area contributed by atoms with Crippen LogP contribution in [-0.4, -0.2) is 34.3 Å². The summed E-state index contributed by atoms with van der Waals surface area (Å²) in [6, 6.07) is 17.4. The predicted octanol–water partition coefficient (Wildman–Crippen LogP) is 4.63. The molecule has 0 spiro atoms. The number of ether oxygens (including phenoxy) is 1. The van der Waals surface area contributed by atoms with Crippen LogP contribution in [0, 0.1) is 11.6 Å². The molecule has 0 aliphatic carbocycles. The Bertz CT molecular complexity index is 1420. The van der Waals surface area contributed by atoms with Gasteiger partial charge in [-0.05, 0) is 35.9 Å². The Kier molecular flexibility index (Phi) is 7.00. The lowest BCUT2D eigenvalue weighted by molar-refractivity contribution is -0.142. The first-order chi connectivity index (χ1) is 16.4. The molecule has 0 amide bonds. The van der Waals surface area contributed by atoms with Crippen LogP contribution in [0.4, 0.5) is 8.78 Å². The summed E-state index contributed by atoms with van der Waals surface area (Å²) in [5.74, 6) is -2.50. The van der Waals surface area contributed by atoms with Crippen LogP contribution in [0.2, 0.25) is 5.02 Å². The summed E-state index contributed by atoms with van der Waals surface area (Å²) < 4.78 is 33.5. The number of hydrogen-bond acceptors (Lipinski definition) is 5. The van der Waals surface area contributed by atoms with Gasteiger partial charge in [-0.3, -0.25) is 14.5 Å². The molecule has 0 N–H and O–H groups in total. The Morgan fingerprint density at radius 2 is 1.74 bits per heavy atom. The van der Waals surface area contributed by atoms with Crippen molar-refractivity contribution in [2.24, 2.45) is 0 Å². The van der Waals surface area contributed by atoms with Gasteiger partial charge < -0.3 is 4.74 Å². The number of methoxy groups -OCH3 is 1. The fraction of sp³-hybridized carbons (Fsp3) is 0.160. The van der Waals surface area contributed by atoms with E-state index in [4.69, 9.17) is 16.3 Å². The van der Waals surface area contributed by atoms with Crippen molar-refractivity contribution < 1.29 is 18.3 Å². The fourth-order valence-corrected chi connectivity index (χ4v) is 3.84. The van der Waals surface area contributed by atoms with Crippen LogP contribution in [0.1, 0.15) is 5.56 Å². The number of carbonyl (C=O) groups excluding carboxylic acids is 1. The minimum atomic E-state index is -1.02. The monoisotopic (exact) mass is 483 g/mol. The number of carbonyl (C=O) groups is 1. The van der Waals surface area contributed by atoms with E-state index in [2.05, 4.69) is 5.10 Å². The molecule has 0 unspecified atom stereocenters. The second-order valence-electron chi connectivity index (χ2n) is 7.62. The molecule has 9 heteroatoms. The number of halogens is 3. The number of fused-ring (bicyclic) bond motifs is 1. The van der Waals surface area contributed by atoms with Gasteiger partial charge >= 0.3 is 5.97 Å². The highest BCUT2D eigenvalue weighted by Gasteiger charge is 2.18. The Morgan fingerprint density at radius 1 is 1.03 bits per heavy atom. The van der Waals surface area contributed by atoms with Crippen molar-refractivity contribution in [1.82, 2.24) is 14.7 Å². The van der Waals surface area contributed by atoms with Crippen LogP contribution in [-0.2, 0) is 22.7 Å². The molecule has 0 saturated heterocycles. The number of hydrogen-bond donors (Lipinski definition) is 0. The van der Waals surface area contributed by atoms with Gasteiger partial charge in [-0.1, -0.05) is 48.0 Å². The molecule has 0 radical (unpaired) electrons. The van der Waals surface area contributed by atoms with Gasteiger partial charge in [0.25, 0.3) is 5.56 Å². The van der Waals surface area contributed by atoms with Gasteiger partial charge in [-0.2, -0.15) is 5.10 Å². The Labute approximate surface area is 199 Å². The third-order valence-corrected chi connectivity index (χ3v) is 5.70. The molecule has 1 heterocycles. The zero-order valence-electron chi connectivity index (χ0n) is 18.2. The number of benzene rings is 3. The van der Waals surface area contributed by atoms with Gasteiger partial charge in [-0.15, -0.1) is 0 Å². The predicted molar refractivity (Wildman–Crippen MR) is 125 cm³/mol. The maximum Gasteiger partial charge on any atom is 0.319 e. The topological polar surface area (TPSA) is 64.4 Å². The molecule has 4 rings (SSSR count). The molecule has 0 fully saturated rings. The normalized spacial score (nSPS) is 11.2. The van der Waals surface area contributed by atoms with Crippen molar-refractivity contribution in [1.29, 1.82) is 0 Å². The second-order valence-corrected chi connectivity index (χ2v) is 8.03. The van der Waals surface area contributed by atoms with E-state index in [1.54, 1.807) is 41.3 Å². The third kappa shape index (κ3) is 4.98. The maximum atomic E-state index is 14.0. The van der Waals surface area contributed by atoms with E-state index in [-0.39, 0.29) is 19.8 Å². The molecule has 3 aromatic carbocycles. The van der Waals surface area contributed by atoms with E-state index in [1.165, 1.54) is 17.9 Å². The van der Waals surface area contributed by atoms with E-state index in [1.807, 2.05) is 12.1 Å². The first-order valence-electron chi connectivity index (χ1n) is 10.3. The molecule has 0 bridgehead atoms. The summed E-state index contributed by atoms with van der Waals surface area (Å²) in [6.07, 6.45) is 0. The van der Waals surface area contributed by atoms with Gasteiger partial charge in [0.1, 0.15) is 0 Å². The summed E-state index contributed by atoms with van der Waals surface area (Å²) in [4.78, 5) is 27.0. The summed E-state index contributed by atoms with van der Waals surface area (Å²) in [7, 11) is 1.28. The molecule has 0 saturated carbocycles. The highest BCUT2D eigenvalue weighted by molar-refractivity contribution is 6.31. The van der Waals surface area contributed by atoms with Crippen LogP contribution in [0.5, 0.6) is 0 Å². The number of esters is 1. The van der Waals surface area contributed by atoms with Crippen LogP contribution in [0.15, 0.2) is 71.5 Å².